The van der Waals surface area contributed by atoms with Crippen molar-refractivity contribution < 1.29 is 17.8 Å². The Morgan fingerprint density at radius 3 is 2.47 bits per heavy atom. The number of aromatic nitrogens is 1. The maximum Gasteiger partial charge on any atom is 0.265 e. The Kier molecular flexibility index (Phi) is 8.25. The summed E-state index contributed by atoms with van der Waals surface area (Å²) >= 11 is 12.1. The number of hydrogen-bond acceptors (Lipinski definition) is 3. The summed E-state index contributed by atoms with van der Waals surface area (Å²) in [5, 5.41) is 0.561. The summed E-state index contributed by atoms with van der Waals surface area (Å²) in [6.45, 7) is 3.22. The van der Waals surface area contributed by atoms with E-state index in [4.69, 9.17) is 23.2 Å². The average Bonchev–Trinajstić information content (AvgIpc) is 2.71. The number of carbonyl (C=O) groups excluding carboxylic acids is 1. The minimum absolute atomic E-state index is 0.0216. The Hall–Kier alpha value is -2.03. The van der Waals surface area contributed by atoms with E-state index in [2.05, 4.69) is 4.98 Å². The number of nitrogens with zero attached hydrogens (tertiary/aromatic N) is 3. The third kappa shape index (κ3) is 5.30. The monoisotopic (exact) mass is 501 g/mol. The fraction of sp³-hybridized carbons (Fsp3) is 0.364. The molecule has 2 atom stereocenters. The number of rotatable bonds is 9. The second-order valence-corrected chi connectivity index (χ2v) is 9.58. The Morgan fingerprint density at radius 2 is 1.94 bits per heavy atom. The lowest BCUT2D eigenvalue weighted by Gasteiger charge is -2.48. The predicted octanol–water partition coefficient (Wildman–Crippen LogP) is 5.81. The molecule has 2 aromatic rings. The summed E-state index contributed by atoms with van der Waals surface area (Å²) in [6.07, 6.45) is 0.600. The molecule has 1 aromatic heterocycles. The van der Waals surface area contributed by atoms with Gasteiger partial charge >= 0.3 is 0 Å². The molecule has 1 aliphatic rings. The number of amides is 1. The van der Waals surface area contributed by atoms with Gasteiger partial charge in [0.2, 0.25) is 5.91 Å². The molecule has 0 bridgehead atoms. The van der Waals surface area contributed by atoms with E-state index in [0.717, 1.165) is 6.42 Å². The van der Waals surface area contributed by atoms with Crippen molar-refractivity contribution in [2.45, 2.75) is 57.0 Å². The van der Waals surface area contributed by atoms with Crippen LogP contribution in [-0.4, -0.2) is 36.8 Å². The fourth-order valence-corrected chi connectivity index (χ4v) is 5.75. The zero-order chi connectivity index (χ0) is 23.4. The lowest BCUT2D eigenvalue weighted by atomic mass is 9.94. The van der Waals surface area contributed by atoms with E-state index in [1.807, 2.05) is 6.92 Å². The van der Waals surface area contributed by atoms with Crippen molar-refractivity contribution in [2.75, 3.05) is 0 Å². The van der Waals surface area contributed by atoms with Gasteiger partial charge in [-0.3, -0.25) is 19.0 Å². The van der Waals surface area contributed by atoms with Crippen molar-refractivity contribution in [3.63, 3.8) is 0 Å². The second kappa shape index (κ2) is 10.7. The highest BCUT2D eigenvalue weighted by molar-refractivity contribution is 7.83. The lowest BCUT2D eigenvalue weighted by molar-refractivity contribution is -0.129. The van der Waals surface area contributed by atoms with Gasteiger partial charge in [-0.1, -0.05) is 49.0 Å². The van der Waals surface area contributed by atoms with Crippen molar-refractivity contribution in [3.8, 4) is 0 Å². The molecule has 0 aliphatic carbocycles. The molecule has 0 N–H and O–H groups in total. The van der Waals surface area contributed by atoms with Gasteiger partial charge in [-0.05, 0) is 36.8 Å². The van der Waals surface area contributed by atoms with E-state index in [1.165, 1.54) is 34.3 Å². The summed E-state index contributed by atoms with van der Waals surface area (Å²) < 4.78 is 43.2. The molecule has 1 amide bonds. The van der Waals surface area contributed by atoms with Crippen molar-refractivity contribution in [1.29, 1.82) is 0 Å². The summed E-state index contributed by atoms with van der Waals surface area (Å²) in [5.41, 5.74) is 0.336. The molecular formula is C22H23Cl2F2N3O2S. The normalized spacial score (nSPS) is 16.8. The molecule has 32 heavy (non-hydrogen) atoms. The van der Waals surface area contributed by atoms with Crippen LogP contribution in [0.5, 0.6) is 0 Å². The minimum Gasteiger partial charge on any atom is -0.292 e. The lowest BCUT2D eigenvalue weighted by Crippen LogP contribution is -2.55. The number of benzene rings is 1. The van der Waals surface area contributed by atoms with Crippen LogP contribution in [0.15, 0.2) is 58.9 Å². The van der Waals surface area contributed by atoms with Crippen LogP contribution in [0.3, 0.4) is 0 Å². The van der Waals surface area contributed by atoms with Crippen molar-refractivity contribution >= 4 is 40.1 Å². The highest BCUT2D eigenvalue weighted by atomic mass is 35.5. The van der Waals surface area contributed by atoms with E-state index in [9.17, 15) is 17.8 Å². The second-order valence-electron chi connectivity index (χ2n) is 7.34. The molecule has 10 heteroatoms. The molecule has 172 valence electrons. The number of alkyl halides is 2. The highest BCUT2D eigenvalue weighted by Crippen LogP contribution is 2.43. The Bertz CT molecular complexity index is 1020. The van der Waals surface area contributed by atoms with Crippen molar-refractivity contribution in [1.82, 2.24) is 14.2 Å². The van der Waals surface area contributed by atoms with Crippen LogP contribution in [0.2, 0.25) is 10.0 Å². The topological polar surface area (TPSA) is 53.5 Å². The van der Waals surface area contributed by atoms with Crippen LogP contribution in [-0.2, 0) is 22.3 Å². The van der Waals surface area contributed by atoms with Gasteiger partial charge in [-0.2, -0.15) is 0 Å². The first-order valence-electron chi connectivity index (χ1n) is 10.1. The molecule has 0 spiro atoms. The molecule has 0 saturated carbocycles. The molecular weight excluding hydrogens is 479 g/mol. The van der Waals surface area contributed by atoms with Crippen LogP contribution in [0.4, 0.5) is 8.78 Å². The third-order valence-electron chi connectivity index (χ3n) is 5.07. The Morgan fingerprint density at radius 1 is 1.25 bits per heavy atom. The van der Waals surface area contributed by atoms with Gasteiger partial charge in [0.05, 0.1) is 28.7 Å². The average molecular weight is 502 g/mol. The van der Waals surface area contributed by atoms with Gasteiger partial charge in [0.25, 0.3) is 6.43 Å². The maximum absolute atomic E-state index is 14.2. The zero-order valence-corrected chi connectivity index (χ0v) is 19.9. The number of hydrogen-bond donors (Lipinski definition) is 0. The van der Waals surface area contributed by atoms with Crippen molar-refractivity contribution in [3.05, 3.63) is 69.7 Å². The molecule has 0 saturated heterocycles. The molecule has 0 fully saturated rings. The molecule has 1 aliphatic heterocycles. The van der Waals surface area contributed by atoms with Gasteiger partial charge in [0, 0.05) is 23.2 Å². The van der Waals surface area contributed by atoms with Gasteiger partial charge in [0.1, 0.15) is 5.82 Å². The molecule has 5 nitrogen and oxygen atoms in total. The molecule has 1 unspecified atom stereocenters. The number of carbonyl (C=O) groups is 1. The summed E-state index contributed by atoms with van der Waals surface area (Å²) in [6, 6.07) is 8.86. The van der Waals surface area contributed by atoms with Crippen LogP contribution >= 0.6 is 23.2 Å². The highest BCUT2D eigenvalue weighted by Gasteiger charge is 2.48. The van der Waals surface area contributed by atoms with Crippen molar-refractivity contribution in [2.24, 2.45) is 0 Å². The summed E-state index contributed by atoms with van der Waals surface area (Å²) in [7, 11) is -1.90. The predicted molar refractivity (Wildman–Crippen MR) is 122 cm³/mol. The number of pyridine rings is 1. The summed E-state index contributed by atoms with van der Waals surface area (Å²) in [4.78, 5) is 18.2. The standard InChI is InChI=1S/C22H23Cl2F2N3O2S/c1-3-4-8-19-20(21(25)26)22(28(14(2)30)13-17-7-5-6-9-27-17)29(19)32(31)18-11-15(23)10-16(24)12-18/h5-7,9-12,19,21H,3-4,8,13H2,1-2H3/t19-,32?/m0/s1. The van der Waals surface area contributed by atoms with Crippen LogP contribution in [0.25, 0.3) is 0 Å². The first-order chi connectivity index (χ1) is 15.2. The number of unbranched alkanes of at least 4 members (excludes halogenated alkanes) is 1. The SMILES string of the molecule is CCCC[C@H]1C(C(F)F)=C(N(Cc2ccccn2)C(C)=O)N1S(=O)c1cc(Cl)cc(Cl)c1. The Labute approximate surface area is 198 Å². The van der Waals surface area contributed by atoms with E-state index < -0.39 is 29.4 Å². The maximum atomic E-state index is 14.2. The van der Waals surface area contributed by atoms with Gasteiger partial charge in [-0.15, -0.1) is 0 Å². The largest absolute Gasteiger partial charge is 0.292 e. The summed E-state index contributed by atoms with van der Waals surface area (Å²) in [5.74, 6) is -0.502. The van der Waals surface area contributed by atoms with Gasteiger partial charge in [0.15, 0.2) is 11.0 Å². The first kappa shape index (κ1) is 24.6. The molecule has 1 aromatic carbocycles. The minimum atomic E-state index is -2.80. The van der Waals surface area contributed by atoms with Gasteiger partial charge < -0.3 is 0 Å². The van der Waals surface area contributed by atoms with Crippen LogP contribution in [0, 0.1) is 0 Å². The number of halogens is 4. The zero-order valence-electron chi connectivity index (χ0n) is 17.6. The fourth-order valence-electron chi connectivity index (χ4n) is 3.60. The molecule has 3 rings (SSSR count). The molecule has 2 heterocycles. The smallest absolute Gasteiger partial charge is 0.265 e. The van der Waals surface area contributed by atoms with E-state index >= 15 is 0 Å². The molecule has 0 radical (unpaired) electrons. The quantitative estimate of drug-likeness (QED) is 0.435. The van der Waals surface area contributed by atoms with E-state index in [-0.39, 0.29) is 32.9 Å². The van der Waals surface area contributed by atoms with E-state index in [1.54, 1.807) is 24.4 Å². The van der Waals surface area contributed by atoms with Gasteiger partial charge in [-0.25, -0.2) is 13.0 Å². The van der Waals surface area contributed by atoms with Crippen LogP contribution < -0.4 is 0 Å². The Balaban J connectivity index is 2.08. The van der Waals surface area contributed by atoms with E-state index in [0.29, 0.717) is 18.5 Å². The first-order valence-corrected chi connectivity index (χ1v) is 12.0. The third-order valence-corrected chi connectivity index (χ3v) is 6.93. The van der Waals surface area contributed by atoms with Crippen LogP contribution in [0.1, 0.15) is 38.8 Å².